The summed E-state index contributed by atoms with van der Waals surface area (Å²) in [7, 11) is 1.39. The Labute approximate surface area is 243 Å². The Kier molecular flexibility index (Phi) is 6.29. The van der Waals surface area contributed by atoms with Crippen molar-refractivity contribution in [3.8, 4) is 22.4 Å². The van der Waals surface area contributed by atoms with Gasteiger partial charge in [-0.1, -0.05) is 90.1 Å². The average Bonchev–Trinajstić information content (AvgIpc) is 3.03. The van der Waals surface area contributed by atoms with Crippen molar-refractivity contribution < 1.29 is 9.53 Å². The molecule has 4 nitrogen and oxygen atoms in total. The summed E-state index contributed by atoms with van der Waals surface area (Å²) >= 11 is 1.79. The Morgan fingerprint density at radius 3 is 1.98 bits per heavy atom. The molecule has 0 atom stereocenters. The van der Waals surface area contributed by atoms with Crippen LogP contribution in [0, 0.1) is 6.92 Å². The predicted molar refractivity (Wildman–Crippen MR) is 167 cm³/mol. The van der Waals surface area contributed by atoms with Gasteiger partial charge in [0.25, 0.3) is 0 Å². The normalized spacial score (nSPS) is 12.1. The van der Waals surface area contributed by atoms with Crippen LogP contribution in [0.25, 0.3) is 33.3 Å². The van der Waals surface area contributed by atoms with Gasteiger partial charge in [0.2, 0.25) is 0 Å². The van der Waals surface area contributed by atoms with E-state index < -0.39 is 0 Å². The Hall–Kier alpha value is -4.87. The SMILES string of the molecule is COC(=O)c1ccc(-c2cc(-c3ccc(C)cc3)c3cccc(N4c5ccccc5Sc5ccccc54)c3n2)cc1. The van der Waals surface area contributed by atoms with Crippen LogP contribution in [0.4, 0.5) is 17.1 Å². The molecule has 6 aromatic rings. The van der Waals surface area contributed by atoms with Gasteiger partial charge in [-0.05, 0) is 66.6 Å². The van der Waals surface area contributed by atoms with E-state index in [0.717, 1.165) is 50.3 Å². The number of anilines is 3. The lowest BCUT2D eigenvalue weighted by atomic mass is 9.96. The second-order valence-electron chi connectivity index (χ2n) is 10.0. The summed E-state index contributed by atoms with van der Waals surface area (Å²) < 4.78 is 4.90. The van der Waals surface area contributed by atoms with Gasteiger partial charge in [0, 0.05) is 20.7 Å². The van der Waals surface area contributed by atoms with E-state index >= 15 is 0 Å². The number of aryl methyl sites for hydroxylation is 1. The van der Waals surface area contributed by atoms with Crippen LogP contribution in [-0.4, -0.2) is 18.1 Å². The molecule has 41 heavy (non-hydrogen) atoms. The summed E-state index contributed by atoms with van der Waals surface area (Å²) in [5.41, 5.74) is 9.92. The van der Waals surface area contributed by atoms with E-state index in [2.05, 4.69) is 109 Å². The molecule has 5 aromatic carbocycles. The van der Waals surface area contributed by atoms with Crippen LogP contribution in [0.15, 0.2) is 131 Å². The molecule has 0 N–H and O–H groups in total. The molecule has 0 bridgehead atoms. The molecule has 2 heterocycles. The van der Waals surface area contributed by atoms with Gasteiger partial charge in [0.15, 0.2) is 0 Å². The molecular formula is C36H26N2O2S. The zero-order valence-corrected chi connectivity index (χ0v) is 23.5. The number of ether oxygens (including phenoxy) is 1. The maximum Gasteiger partial charge on any atom is 0.337 e. The van der Waals surface area contributed by atoms with Crippen molar-refractivity contribution in [1.82, 2.24) is 4.98 Å². The highest BCUT2D eigenvalue weighted by atomic mass is 32.2. The average molecular weight is 551 g/mol. The lowest BCUT2D eigenvalue weighted by molar-refractivity contribution is 0.0600. The fraction of sp³-hybridized carbons (Fsp3) is 0.0556. The minimum atomic E-state index is -0.356. The van der Waals surface area contributed by atoms with Crippen molar-refractivity contribution >= 4 is 45.7 Å². The number of nitrogens with zero attached hydrogens (tertiary/aromatic N) is 2. The van der Waals surface area contributed by atoms with Gasteiger partial charge in [-0.3, -0.25) is 0 Å². The number of para-hydroxylation sites is 3. The molecule has 5 heteroatoms. The highest BCUT2D eigenvalue weighted by molar-refractivity contribution is 7.99. The zero-order valence-electron chi connectivity index (χ0n) is 22.7. The van der Waals surface area contributed by atoms with E-state index in [1.165, 1.54) is 22.5 Å². The zero-order chi connectivity index (χ0) is 27.9. The van der Waals surface area contributed by atoms with Crippen molar-refractivity contribution in [3.05, 3.63) is 132 Å². The minimum Gasteiger partial charge on any atom is -0.465 e. The standard InChI is InChI=1S/C36H26N2O2S/c1-23-14-16-24(17-15-23)28-22-29(25-18-20-26(21-19-25)36(39)40-2)37-35-27(28)8-7-11-32(35)38-30-9-3-5-12-33(30)41-34-13-6-4-10-31(34)38/h3-22H,1-2H3. The molecule has 0 fully saturated rings. The Morgan fingerprint density at radius 1 is 0.707 bits per heavy atom. The monoisotopic (exact) mass is 550 g/mol. The first kappa shape index (κ1) is 25.1. The van der Waals surface area contributed by atoms with Crippen molar-refractivity contribution in [2.24, 2.45) is 0 Å². The van der Waals surface area contributed by atoms with Gasteiger partial charge in [-0.25, -0.2) is 9.78 Å². The summed E-state index contributed by atoms with van der Waals surface area (Å²) in [5.74, 6) is -0.356. The number of fused-ring (bicyclic) bond motifs is 3. The molecule has 0 saturated carbocycles. The number of carbonyl (C=O) groups is 1. The quantitative estimate of drug-likeness (QED) is 0.204. The highest BCUT2D eigenvalue weighted by Crippen LogP contribution is 2.52. The fourth-order valence-electron chi connectivity index (χ4n) is 5.39. The van der Waals surface area contributed by atoms with Gasteiger partial charge in [0.1, 0.15) is 0 Å². The third-order valence-corrected chi connectivity index (χ3v) is 8.59. The summed E-state index contributed by atoms with van der Waals surface area (Å²) in [4.78, 5) is 22.1. The molecule has 7 rings (SSSR count). The van der Waals surface area contributed by atoms with E-state index in [1.54, 1.807) is 23.9 Å². The van der Waals surface area contributed by atoms with Crippen LogP contribution in [0.2, 0.25) is 0 Å². The molecule has 198 valence electrons. The number of hydrogen-bond acceptors (Lipinski definition) is 5. The van der Waals surface area contributed by atoms with Gasteiger partial charge in [-0.15, -0.1) is 0 Å². The molecule has 0 amide bonds. The van der Waals surface area contributed by atoms with Crippen LogP contribution in [0.5, 0.6) is 0 Å². The van der Waals surface area contributed by atoms with Crippen molar-refractivity contribution in [2.45, 2.75) is 16.7 Å². The van der Waals surface area contributed by atoms with Gasteiger partial charge < -0.3 is 9.64 Å². The molecule has 1 aliphatic heterocycles. The molecule has 0 saturated heterocycles. The van der Waals surface area contributed by atoms with Crippen LogP contribution < -0.4 is 4.90 Å². The third kappa shape index (κ3) is 4.45. The van der Waals surface area contributed by atoms with Crippen molar-refractivity contribution in [3.63, 3.8) is 0 Å². The summed E-state index contributed by atoms with van der Waals surface area (Å²) in [6.45, 7) is 2.10. The summed E-state index contributed by atoms with van der Waals surface area (Å²) in [6, 6.07) is 41.7. The van der Waals surface area contributed by atoms with Gasteiger partial charge >= 0.3 is 5.97 Å². The largest absolute Gasteiger partial charge is 0.465 e. The second-order valence-corrected chi connectivity index (χ2v) is 11.1. The number of aromatic nitrogens is 1. The number of methoxy groups -OCH3 is 1. The Balaban J connectivity index is 1.50. The third-order valence-electron chi connectivity index (χ3n) is 7.46. The number of rotatable bonds is 4. The van der Waals surface area contributed by atoms with E-state index in [9.17, 15) is 4.79 Å². The van der Waals surface area contributed by atoms with Gasteiger partial charge in [-0.2, -0.15) is 0 Å². The lowest BCUT2D eigenvalue weighted by Gasteiger charge is -2.33. The van der Waals surface area contributed by atoms with Crippen LogP contribution >= 0.6 is 11.8 Å². The van der Waals surface area contributed by atoms with E-state index in [4.69, 9.17) is 9.72 Å². The van der Waals surface area contributed by atoms with Crippen LogP contribution in [0.1, 0.15) is 15.9 Å². The lowest BCUT2D eigenvalue weighted by Crippen LogP contribution is -2.15. The first-order valence-corrected chi connectivity index (χ1v) is 14.3. The van der Waals surface area contributed by atoms with Gasteiger partial charge in [0.05, 0.1) is 40.9 Å². The summed E-state index contributed by atoms with van der Waals surface area (Å²) in [6.07, 6.45) is 0. The maximum absolute atomic E-state index is 12.1. The molecule has 0 spiro atoms. The molecular weight excluding hydrogens is 524 g/mol. The van der Waals surface area contributed by atoms with Crippen LogP contribution in [0.3, 0.4) is 0 Å². The minimum absolute atomic E-state index is 0.356. The number of benzene rings is 5. The predicted octanol–water partition coefficient (Wildman–Crippen LogP) is 9.60. The van der Waals surface area contributed by atoms with Crippen molar-refractivity contribution in [2.75, 3.05) is 12.0 Å². The Morgan fingerprint density at radius 2 is 1.32 bits per heavy atom. The van der Waals surface area contributed by atoms with E-state index in [0.29, 0.717) is 5.56 Å². The molecule has 0 aliphatic carbocycles. The molecule has 0 unspecified atom stereocenters. The second kappa shape index (κ2) is 10.3. The topological polar surface area (TPSA) is 42.4 Å². The van der Waals surface area contributed by atoms with E-state index in [1.807, 2.05) is 12.1 Å². The fourth-order valence-corrected chi connectivity index (χ4v) is 6.45. The number of pyridine rings is 1. The number of carbonyl (C=O) groups excluding carboxylic acids is 1. The molecule has 1 aliphatic rings. The highest BCUT2D eigenvalue weighted by Gasteiger charge is 2.26. The molecule has 1 aromatic heterocycles. The number of hydrogen-bond donors (Lipinski definition) is 0. The summed E-state index contributed by atoms with van der Waals surface area (Å²) in [5, 5.41) is 1.08. The maximum atomic E-state index is 12.1. The van der Waals surface area contributed by atoms with Crippen LogP contribution in [-0.2, 0) is 4.74 Å². The Bertz CT molecular complexity index is 1890. The number of esters is 1. The smallest absolute Gasteiger partial charge is 0.337 e. The molecule has 0 radical (unpaired) electrons. The van der Waals surface area contributed by atoms with E-state index in [-0.39, 0.29) is 5.97 Å². The first-order chi connectivity index (χ1) is 20.1. The first-order valence-electron chi connectivity index (χ1n) is 13.5. The van der Waals surface area contributed by atoms with Crippen molar-refractivity contribution in [1.29, 1.82) is 0 Å².